The van der Waals surface area contributed by atoms with Crippen molar-refractivity contribution in [2.24, 2.45) is 0 Å². The number of hydrogen-bond donors (Lipinski definition) is 0. The fraction of sp³-hybridized carbons (Fsp3) is 0.0714. The third-order valence-corrected chi connectivity index (χ3v) is 18.3. The molecule has 0 amide bonds. The van der Waals surface area contributed by atoms with E-state index in [1.165, 1.54) is 48.6 Å². The van der Waals surface area contributed by atoms with Gasteiger partial charge in [-0.2, -0.15) is 52.7 Å². The van der Waals surface area contributed by atoms with E-state index in [4.69, 9.17) is 39.9 Å². The van der Waals surface area contributed by atoms with Crippen molar-refractivity contribution in [3.63, 3.8) is 0 Å². The molecule has 0 N–H and O–H groups in total. The van der Waals surface area contributed by atoms with Crippen LogP contribution in [0.15, 0.2) is 279 Å². The summed E-state index contributed by atoms with van der Waals surface area (Å²) in [4.78, 5) is 39.8. The van der Waals surface area contributed by atoms with Crippen LogP contribution >= 0.6 is 0 Å². The summed E-state index contributed by atoms with van der Waals surface area (Å²) in [5.41, 5.74) is 4.92. The fourth-order valence-corrected chi connectivity index (χ4v) is 13.3. The molecule has 104 heavy (non-hydrogen) atoms. The molecule has 15 aromatic rings. The summed E-state index contributed by atoms with van der Waals surface area (Å²) in [6, 6.07) is 68.0. The highest BCUT2D eigenvalue weighted by Crippen LogP contribution is 2.48. The van der Waals surface area contributed by atoms with Crippen molar-refractivity contribution in [1.29, 1.82) is 0 Å². The molecule has 4 aromatic heterocycles. The van der Waals surface area contributed by atoms with E-state index >= 15 is 26.3 Å². The second-order valence-corrected chi connectivity index (χ2v) is 25.0. The molecule has 1 atom stereocenters. The first-order valence-electron chi connectivity index (χ1n) is 32.6. The molecule has 1 aliphatic carbocycles. The van der Waals surface area contributed by atoms with Crippen molar-refractivity contribution in [3.8, 4) is 112 Å². The van der Waals surface area contributed by atoms with Crippen molar-refractivity contribution in [1.82, 2.24) is 39.9 Å². The van der Waals surface area contributed by atoms with Crippen LogP contribution in [0.2, 0.25) is 0 Å². The molecule has 508 valence electrons. The average molecular weight is 1400 g/mol. The van der Waals surface area contributed by atoms with E-state index in [2.05, 4.69) is 0 Å². The van der Waals surface area contributed by atoms with Crippen LogP contribution in [0.1, 0.15) is 34.7 Å². The molecule has 0 bridgehead atoms. The lowest BCUT2D eigenvalue weighted by atomic mass is 9.84. The zero-order chi connectivity index (χ0) is 71.8. The first kappa shape index (κ1) is 66.0. The Balaban J connectivity index is 0.808. The molecule has 4 heterocycles. The van der Waals surface area contributed by atoms with Crippen LogP contribution in [-0.2, 0) is 18.5 Å². The van der Waals surface area contributed by atoms with Crippen LogP contribution in [0.4, 0.5) is 52.7 Å². The summed E-state index contributed by atoms with van der Waals surface area (Å²) in [6.07, 6.45) is -16.0. The maximum Gasteiger partial charge on any atom is 0.417 e. The van der Waals surface area contributed by atoms with Gasteiger partial charge in [-0.15, -0.1) is 0 Å². The molecule has 0 spiro atoms. The van der Waals surface area contributed by atoms with Crippen LogP contribution in [0.5, 0.6) is 0 Å². The molecule has 11 aromatic carbocycles. The van der Waals surface area contributed by atoms with Crippen molar-refractivity contribution in [3.05, 3.63) is 301 Å². The van der Waals surface area contributed by atoms with E-state index in [0.717, 1.165) is 47.5 Å². The normalized spacial score (nSPS) is 13.7. The molecular formula is C84H48F12N8. The number of aromatic nitrogens is 8. The lowest BCUT2D eigenvalue weighted by molar-refractivity contribution is -0.138. The largest absolute Gasteiger partial charge is 0.417 e. The highest BCUT2D eigenvalue weighted by molar-refractivity contribution is 5.95. The lowest BCUT2D eigenvalue weighted by Gasteiger charge is -2.26. The molecule has 1 aliphatic rings. The second-order valence-electron chi connectivity index (χ2n) is 25.0. The predicted octanol–water partition coefficient (Wildman–Crippen LogP) is 23.7. The van der Waals surface area contributed by atoms with Gasteiger partial charge in [0.05, 0.1) is 106 Å². The molecule has 16 rings (SSSR count). The molecule has 1 unspecified atom stereocenters. The maximum absolute atomic E-state index is 15.8. The summed E-state index contributed by atoms with van der Waals surface area (Å²) >= 11 is 0. The minimum Gasteiger partial charge on any atom is -0.248 e. The third-order valence-electron chi connectivity index (χ3n) is 18.3. The minimum atomic E-state index is -5.05. The Morgan fingerprint density at radius 3 is 0.981 bits per heavy atom. The van der Waals surface area contributed by atoms with Crippen LogP contribution in [0.25, 0.3) is 156 Å². The smallest absolute Gasteiger partial charge is 0.248 e. The van der Waals surface area contributed by atoms with Gasteiger partial charge in [0, 0.05) is 50.4 Å². The summed E-state index contributed by atoms with van der Waals surface area (Å²) in [6.45, 7) is 0. The van der Waals surface area contributed by atoms with Crippen LogP contribution in [-0.4, -0.2) is 46.0 Å². The maximum atomic E-state index is 15.8. The number of hydrogen-bond acceptors (Lipinski definition) is 8. The molecule has 0 saturated carbocycles. The highest BCUT2D eigenvalue weighted by Gasteiger charge is 2.43. The van der Waals surface area contributed by atoms with Gasteiger partial charge in [-0.05, 0) is 131 Å². The van der Waals surface area contributed by atoms with E-state index in [9.17, 15) is 26.3 Å². The van der Waals surface area contributed by atoms with Crippen molar-refractivity contribution in [2.75, 3.05) is 0 Å². The van der Waals surface area contributed by atoms with Gasteiger partial charge in [-0.1, -0.05) is 182 Å². The van der Waals surface area contributed by atoms with Gasteiger partial charge in [0.25, 0.3) is 0 Å². The average Bonchev–Trinajstić information content (AvgIpc) is 0.755. The van der Waals surface area contributed by atoms with Gasteiger partial charge in [-0.3, -0.25) is 0 Å². The van der Waals surface area contributed by atoms with Gasteiger partial charge in [0.15, 0.2) is 0 Å². The Hall–Kier alpha value is -12.6. The molecule has 20 heteroatoms. The number of alkyl halides is 12. The Morgan fingerprint density at radius 2 is 0.577 bits per heavy atom. The number of halogens is 12. The summed E-state index contributed by atoms with van der Waals surface area (Å²) in [5.74, 6) is -1.56. The molecule has 0 fully saturated rings. The standard InChI is InChI=1S/C84H48F12N8/c85-81(86,87)59-25-13-23-57(40-59)77-78(58-24-14-26-60(41-58)82(88,89)90)103-71-45-54(32-37-67(71)99-77)53-31-36-66-70(44-53)102-76(75(98-66)49-19-8-3-9-20-49)56-22-12-21-50(39-56)51-29-34-64(84(94,95)96)62(42-51)80-79(61-27-10-11-28-63(61)83(91,92)93)100-68-38-33-55(46-72(68)104-80)52-30-35-65-69(43-52)101-74(48-17-6-2-7-18-48)73(97-65)47-15-4-1-5-16-47/h1-26,28-46,61H,27H2. The van der Waals surface area contributed by atoms with Gasteiger partial charge in [0.2, 0.25) is 0 Å². The highest BCUT2D eigenvalue weighted by atomic mass is 19.4. The summed E-state index contributed by atoms with van der Waals surface area (Å²) in [5, 5.41) is 0. The van der Waals surface area contributed by atoms with Crippen LogP contribution in [0.3, 0.4) is 0 Å². The first-order chi connectivity index (χ1) is 50.0. The molecule has 8 nitrogen and oxygen atoms in total. The van der Waals surface area contributed by atoms with Crippen molar-refractivity contribution in [2.45, 2.75) is 37.0 Å². The number of allylic oxidation sites excluding steroid dienone is 4. The van der Waals surface area contributed by atoms with Crippen molar-refractivity contribution < 1.29 is 52.7 Å². The molecule has 0 aliphatic heterocycles. The SMILES string of the molecule is FC(F)(F)C1=CC=CCC1c1nc2ccc(-c3ccc4nc(-c5ccccc5)c(-c5ccccc5)nc4c3)cc2nc1-c1cc(-c2cccc(-c3nc4cc(-c5ccc6nc(-c7cccc(C(F)(F)F)c7)c(-c7cccc(C(F)(F)F)c7)nc6c5)ccc4nc3-c3ccccc3)c2)ccc1C(F)(F)F. The Kier molecular flexibility index (Phi) is 16.4. The molecular weight excluding hydrogens is 1350 g/mol. The predicted molar refractivity (Wildman–Crippen MR) is 379 cm³/mol. The Bertz CT molecular complexity index is 5980. The molecule has 0 radical (unpaired) electrons. The zero-order valence-corrected chi connectivity index (χ0v) is 53.9. The van der Waals surface area contributed by atoms with Gasteiger partial charge in [0.1, 0.15) is 0 Å². The van der Waals surface area contributed by atoms with E-state index in [1.54, 1.807) is 78.9 Å². The third kappa shape index (κ3) is 12.8. The topological polar surface area (TPSA) is 103 Å². The van der Waals surface area contributed by atoms with E-state index in [1.807, 2.05) is 109 Å². The Morgan fingerprint density at radius 1 is 0.250 bits per heavy atom. The van der Waals surface area contributed by atoms with Gasteiger partial charge >= 0.3 is 24.7 Å². The summed E-state index contributed by atoms with van der Waals surface area (Å²) < 4.78 is 178. The number of benzene rings is 11. The van der Waals surface area contributed by atoms with E-state index in [0.29, 0.717) is 83.8 Å². The van der Waals surface area contributed by atoms with E-state index < -0.39 is 64.1 Å². The first-order valence-corrected chi connectivity index (χ1v) is 32.6. The Labute approximate surface area is 584 Å². The number of fused-ring (bicyclic) bond motifs is 4. The number of rotatable bonds is 11. The monoisotopic (exact) mass is 1400 g/mol. The van der Waals surface area contributed by atoms with Gasteiger partial charge < -0.3 is 0 Å². The summed E-state index contributed by atoms with van der Waals surface area (Å²) in [7, 11) is 0. The second kappa shape index (κ2) is 25.8. The van der Waals surface area contributed by atoms with Crippen LogP contribution < -0.4 is 0 Å². The quantitative estimate of drug-likeness (QED) is 0.118. The number of nitrogens with zero attached hydrogens (tertiary/aromatic N) is 8. The minimum absolute atomic E-state index is 0.0261. The lowest BCUT2D eigenvalue weighted by Crippen LogP contribution is -2.22. The molecule has 0 saturated heterocycles. The zero-order valence-electron chi connectivity index (χ0n) is 53.9. The van der Waals surface area contributed by atoms with Crippen LogP contribution in [0, 0.1) is 0 Å². The van der Waals surface area contributed by atoms with Gasteiger partial charge in [-0.25, -0.2) is 39.9 Å². The fourth-order valence-electron chi connectivity index (χ4n) is 13.3. The van der Waals surface area contributed by atoms with E-state index in [-0.39, 0.29) is 62.3 Å². The van der Waals surface area contributed by atoms with Crippen molar-refractivity contribution >= 4 is 44.1 Å².